The van der Waals surface area contributed by atoms with Gasteiger partial charge in [0.25, 0.3) is 0 Å². The van der Waals surface area contributed by atoms with Gasteiger partial charge in [-0.1, -0.05) is 19.1 Å². The van der Waals surface area contributed by atoms with Crippen LogP contribution in [0.25, 0.3) is 0 Å². The van der Waals surface area contributed by atoms with Crippen LogP contribution in [0.5, 0.6) is 0 Å². The van der Waals surface area contributed by atoms with Crippen molar-refractivity contribution >= 4 is 48.0 Å². The first-order chi connectivity index (χ1) is 13.9. The zero-order valence-electron chi connectivity index (χ0n) is 17.8. The van der Waals surface area contributed by atoms with Crippen LogP contribution in [-0.2, 0) is 11.3 Å². The molecule has 29 heavy (non-hydrogen) atoms. The minimum atomic E-state index is 0.0712. The van der Waals surface area contributed by atoms with Crippen LogP contribution in [0.3, 0.4) is 0 Å². The molecule has 158 valence electrons. The van der Waals surface area contributed by atoms with Crippen molar-refractivity contribution in [3.8, 4) is 0 Å². The Morgan fingerprint density at radius 2 is 2.00 bits per heavy atom. The molecule has 1 aromatic rings. The first kappa shape index (κ1) is 24.9. The number of hydrogen-bond acceptors (Lipinski definition) is 5. The Morgan fingerprint density at radius 3 is 2.48 bits per heavy atom. The summed E-state index contributed by atoms with van der Waals surface area (Å²) in [5.74, 6) is 1.78. The average molecular weight is 436 g/mol. The number of rotatable bonds is 10. The van der Waals surface area contributed by atoms with Gasteiger partial charge in [-0.05, 0) is 50.9 Å². The molecule has 0 bridgehead atoms. The second kappa shape index (κ2) is 13.2. The fourth-order valence-electron chi connectivity index (χ4n) is 2.31. The normalized spacial score (nSPS) is 13.2. The highest BCUT2D eigenvalue weighted by Gasteiger charge is 2.18. The maximum Gasteiger partial charge on any atom is 0.185 e. The third kappa shape index (κ3) is 8.03. The number of halogens is 1. The van der Waals surface area contributed by atoms with E-state index in [1.807, 2.05) is 37.9 Å². The molecule has 0 amide bonds. The summed E-state index contributed by atoms with van der Waals surface area (Å²) in [6, 6.07) is 8.45. The van der Waals surface area contributed by atoms with E-state index in [2.05, 4.69) is 46.1 Å². The molecule has 0 saturated heterocycles. The molecule has 0 aliphatic rings. The quantitative estimate of drug-likeness (QED) is 0.148. The molecule has 0 saturated carbocycles. The van der Waals surface area contributed by atoms with Gasteiger partial charge in [0.05, 0.1) is 5.70 Å². The topological polar surface area (TPSA) is 69.4 Å². The fourth-order valence-corrected chi connectivity index (χ4v) is 3.09. The summed E-state index contributed by atoms with van der Waals surface area (Å²) in [5, 5.41) is 3.08. The summed E-state index contributed by atoms with van der Waals surface area (Å²) >= 11 is 7.65. The monoisotopic (exact) mass is 435 g/mol. The second-order valence-electron chi connectivity index (χ2n) is 6.44. The number of benzene rings is 1. The van der Waals surface area contributed by atoms with Crippen LogP contribution in [0.1, 0.15) is 33.3 Å². The van der Waals surface area contributed by atoms with Crippen LogP contribution in [0, 0.1) is 0 Å². The number of carbonyl (C=O) groups is 1. The van der Waals surface area contributed by atoms with E-state index in [0.29, 0.717) is 30.1 Å². The van der Waals surface area contributed by atoms with Gasteiger partial charge in [0.2, 0.25) is 0 Å². The average Bonchev–Trinajstić information content (AvgIpc) is 2.72. The summed E-state index contributed by atoms with van der Waals surface area (Å²) < 4.78 is 0. The minimum Gasteiger partial charge on any atom is -0.363 e. The first-order valence-electron chi connectivity index (χ1n) is 9.38. The lowest BCUT2D eigenvalue weighted by Gasteiger charge is -2.26. The van der Waals surface area contributed by atoms with Crippen LogP contribution < -0.4 is 5.32 Å². The molecule has 0 aliphatic heterocycles. The van der Waals surface area contributed by atoms with Gasteiger partial charge in [-0.15, -0.1) is 23.4 Å². The summed E-state index contributed by atoms with van der Waals surface area (Å²) in [4.78, 5) is 27.7. The zero-order chi connectivity index (χ0) is 21.8. The lowest BCUT2D eigenvalue weighted by molar-refractivity contribution is -0.102. The van der Waals surface area contributed by atoms with E-state index in [1.165, 1.54) is 4.90 Å². The molecule has 8 heteroatoms. The summed E-state index contributed by atoms with van der Waals surface area (Å²) in [5.41, 5.74) is 2.07. The Hall–Kier alpha value is -2.12. The Kier molecular flexibility index (Phi) is 11.3. The van der Waals surface area contributed by atoms with Crippen LogP contribution in [0.15, 0.2) is 55.5 Å². The first-order valence-corrected chi connectivity index (χ1v) is 10.9. The van der Waals surface area contributed by atoms with Gasteiger partial charge in [0.1, 0.15) is 11.7 Å². The number of aliphatic imine (C=N–C) groups is 3. The van der Waals surface area contributed by atoms with Gasteiger partial charge in [0, 0.05) is 24.5 Å². The third-order valence-electron chi connectivity index (χ3n) is 4.16. The lowest BCUT2D eigenvalue weighted by atomic mass is 10.2. The number of amidine groups is 2. The summed E-state index contributed by atoms with van der Waals surface area (Å²) in [6.07, 6.45) is 0.686. The predicted molar refractivity (Wildman–Crippen MR) is 126 cm³/mol. The van der Waals surface area contributed by atoms with Gasteiger partial charge in [-0.25, -0.2) is 4.99 Å². The van der Waals surface area contributed by atoms with E-state index < -0.39 is 0 Å². The summed E-state index contributed by atoms with van der Waals surface area (Å²) in [7, 11) is 1.89. The van der Waals surface area contributed by atoms with Crippen molar-refractivity contribution in [1.29, 1.82) is 0 Å². The Morgan fingerprint density at radius 1 is 1.34 bits per heavy atom. The number of likely N-dealkylation sites (N-methyl/N-ethyl adjacent to an activating group) is 1. The number of allylic oxidation sites excluding steroid dienone is 1. The van der Waals surface area contributed by atoms with E-state index in [-0.39, 0.29) is 17.9 Å². The van der Waals surface area contributed by atoms with E-state index in [9.17, 15) is 4.79 Å². The number of alkyl halides is 1. The number of hydrogen-bond donors (Lipinski definition) is 1. The molecule has 1 aromatic carbocycles. The van der Waals surface area contributed by atoms with Crippen molar-refractivity contribution in [3.05, 3.63) is 41.2 Å². The second-order valence-corrected chi connectivity index (χ2v) is 8.02. The third-order valence-corrected chi connectivity index (χ3v) is 5.18. The number of nitrogens with zero attached hydrogens (tertiary/aromatic N) is 4. The molecular weight excluding hydrogens is 406 g/mol. The molecule has 0 fully saturated rings. The Bertz CT molecular complexity index is 772. The van der Waals surface area contributed by atoms with Crippen molar-refractivity contribution in [3.63, 3.8) is 0 Å². The van der Waals surface area contributed by atoms with Crippen molar-refractivity contribution in [2.75, 3.05) is 18.8 Å². The van der Waals surface area contributed by atoms with Crippen molar-refractivity contribution < 1.29 is 4.79 Å². The van der Waals surface area contributed by atoms with Crippen LogP contribution in [0.2, 0.25) is 0 Å². The van der Waals surface area contributed by atoms with Crippen LogP contribution in [0.4, 0.5) is 0 Å². The number of thioether (sulfide) groups is 1. The van der Waals surface area contributed by atoms with Gasteiger partial charge in [0.15, 0.2) is 18.0 Å². The van der Waals surface area contributed by atoms with E-state index in [4.69, 9.17) is 11.6 Å². The molecule has 6 nitrogen and oxygen atoms in total. The Labute approximate surface area is 183 Å². The number of carbonyl (C=O) groups excluding carboxylic acids is 1. The van der Waals surface area contributed by atoms with E-state index in [1.54, 1.807) is 18.7 Å². The SMILES string of the molecule is C=N/C(C)=C(/N=C(\C=O)NCc1ccc(SCC)cc1)C(=N/CCl)\N(C)C(C)C. The molecule has 0 aromatic heterocycles. The maximum absolute atomic E-state index is 11.7. The van der Waals surface area contributed by atoms with Crippen LogP contribution >= 0.6 is 23.4 Å². The Balaban J connectivity index is 3.13. The zero-order valence-corrected chi connectivity index (χ0v) is 19.3. The minimum absolute atomic E-state index is 0.0712. The highest BCUT2D eigenvalue weighted by molar-refractivity contribution is 7.99. The molecule has 1 N–H and O–H groups in total. The van der Waals surface area contributed by atoms with E-state index >= 15 is 0 Å². The van der Waals surface area contributed by atoms with Gasteiger partial charge in [-0.2, -0.15) is 0 Å². The van der Waals surface area contributed by atoms with Crippen LogP contribution in [-0.4, -0.2) is 54.4 Å². The van der Waals surface area contributed by atoms with Gasteiger partial charge < -0.3 is 10.2 Å². The highest BCUT2D eigenvalue weighted by atomic mass is 35.5. The largest absolute Gasteiger partial charge is 0.363 e. The predicted octanol–water partition coefficient (Wildman–Crippen LogP) is 4.35. The van der Waals surface area contributed by atoms with Gasteiger partial charge >= 0.3 is 0 Å². The highest BCUT2D eigenvalue weighted by Crippen LogP contribution is 2.18. The smallest absolute Gasteiger partial charge is 0.185 e. The number of nitrogens with one attached hydrogen (secondary N) is 1. The van der Waals surface area contributed by atoms with Crippen molar-refractivity contribution in [2.24, 2.45) is 15.0 Å². The number of aldehydes is 1. The molecule has 0 heterocycles. The molecule has 0 unspecified atom stereocenters. The molecule has 0 aliphatic carbocycles. The fraction of sp³-hybridized carbons (Fsp3) is 0.429. The van der Waals surface area contributed by atoms with Crippen molar-refractivity contribution in [2.45, 2.75) is 45.2 Å². The van der Waals surface area contributed by atoms with Gasteiger partial charge in [-0.3, -0.25) is 14.8 Å². The summed E-state index contributed by atoms with van der Waals surface area (Å²) in [6.45, 7) is 12.0. The molecule has 0 spiro atoms. The maximum atomic E-state index is 11.7. The standard InChI is InChI=1S/C21H30ClN5OS/c1-7-29-18-10-8-17(9-11-18)12-24-19(13-28)26-20(16(4)23-5)21(25-14-22)27(6)15(2)3/h8-11,13,15H,5,7,12,14H2,1-4,6H3,(H,24,26)/b20-16+,25-21+. The molecule has 0 atom stereocenters. The van der Waals surface area contributed by atoms with E-state index in [0.717, 1.165) is 11.3 Å². The lowest BCUT2D eigenvalue weighted by Crippen LogP contribution is -2.35. The van der Waals surface area contributed by atoms with Crippen molar-refractivity contribution in [1.82, 2.24) is 10.2 Å². The molecular formula is C21H30ClN5OS. The molecule has 0 radical (unpaired) electrons. The molecule has 1 rings (SSSR count).